The van der Waals surface area contributed by atoms with Gasteiger partial charge in [-0.25, -0.2) is 0 Å². The van der Waals surface area contributed by atoms with Crippen LogP contribution in [0.2, 0.25) is 0 Å². The fourth-order valence-corrected chi connectivity index (χ4v) is 4.62. The molecule has 2 saturated heterocycles. The standard InChI is InChI=1S/C15H28N2/c1-3-13-8-7-11(2)17(13)10-15-14-6-4-5-12(14)9-16-15/h11-16H,3-10H2,1-2H3. The van der Waals surface area contributed by atoms with Gasteiger partial charge in [-0.05, 0) is 57.4 Å². The van der Waals surface area contributed by atoms with E-state index in [-0.39, 0.29) is 0 Å². The van der Waals surface area contributed by atoms with Crippen LogP contribution in [-0.4, -0.2) is 36.1 Å². The van der Waals surface area contributed by atoms with E-state index in [0.29, 0.717) is 0 Å². The summed E-state index contributed by atoms with van der Waals surface area (Å²) in [6.07, 6.45) is 8.64. The summed E-state index contributed by atoms with van der Waals surface area (Å²) in [7, 11) is 0. The number of nitrogens with zero attached hydrogens (tertiary/aromatic N) is 1. The maximum atomic E-state index is 3.81. The highest BCUT2D eigenvalue weighted by atomic mass is 15.2. The second-order valence-corrected chi connectivity index (χ2v) is 6.55. The summed E-state index contributed by atoms with van der Waals surface area (Å²) in [6.45, 7) is 7.40. The Morgan fingerprint density at radius 3 is 2.88 bits per heavy atom. The van der Waals surface area contributed by atoms with E-state index in [1.807, 2.05) is 0 Å². The lowest BCUT2D eigenvalue weighted by Gasteiger charge is -2.32. The number of hydrogen-bond donors (Lipinski definition) is 1. The third kappa shape index (κ3) is 2.15. The molecular weight excluding hydrogens is 208 g/mol. The van der Waals surface area contributed by atoms with Gasteiger partial charge in [0, 0.05) is 24.7 Å². The lowest BCUT2D eigenvalue weighted by Crippen LogP contribution is -2.45. The minimum Gasteiger partial charge on any atom is -0.312 e. The van der Waals surface area contributed by atoms with E-state index in [4.69, 9.17) is 0 Å². The van der Waals surface area contributed by atoms with Gasteiger partial charge in [0.05, 0.1) is 0 Å². The van der Waals surface area contributed by atoms with E-state index in [1.165, 1.54) is 51.6 Å². The molecule has 0 aromatic heterocycles. The Bertz CT molecular complexity index is 266. The minimum absolute atomic E-state index is 0.803. The molecule has 0 aromatic carbocycles. The average molecular weight is 236 g/mol. The molecule has 2 heterocycles. The largest absolute Gasteiger partial charge is 0.312 e. The van der Waals surface area contributed by atoms with Crippen LogP contribution in [0.25, 0.3) is 0 Å². The molecule has 0 spiro atoms. The second kappa shape index (κ2) is 4.89. The zero-order chi connectivity index (χ0) is 11.8. The van der Waals surface area contributed by atoms with Crippen LogP contribution in [0.3, 0.4) is 0 Å². The predicted molar refractivity (Wildman–Crippen MR) is 72.1 cm³/mol. The summed E-state index contributed by atoms with van der Waals surface area (Å²) in [5.74, 6) is 2.01. The van der Waals surface area contributed by atoms with Crippen LogP contribution in [-0.2, 0) is 0 Å². The van der Waals surface area contributed by atoms with Crippen LogP contribution in [0.15, 0.2) is 0 Å². The Morgan fingerprint density at radius 2 is 2.06 bits per heavy atom. The SMILES string of the molecule is CCC1CCC(C)N1CC1NCC2CCCC21. The molecule has 1 saturated carbocycles. The van der Waals surface area contributed by atoms with Gasteiger partial charge >= 0.3 is 0 Å². The Balaban J connectivity index is 1.62. The van der Waals surface area contributed by atoms with Crippen molar-refractivity contribution < 1.29 is 0 Å². The predicted octanol–water partition coefficient (Wildman–Crippen LogP) is 2.64. The summed E-state index contributed by atoms with van der Waals surface area (Å²) >= 11 is 0. The van der Waals surface area contributed by atoms with E-state index in [0.717, 1.165) is 30.0 Å². The second-order valence-electron chi connectivity index (χ2n) is 6.55. The van der Waals surface area contributed by atoms with Crippen LogP contribution < -0.4 is 5.32 Å². The molecule has 3 aliphatic rings. The van der Waals surface area contributed by atoms with Crippen LogP contribution in [0.5, 0.6) is 0 Å². The molecule has 0 amide bonds. The molecule has 0 aromatic rings. The first-order valence-corrected chi connectivity index (χ1v) is 7.78. The molecule has 0 bridgehead atoms. The molecule has 2 heteroatoms. The molecular formula is C15H28N2. The van der Waals surface area contributed by atoms with E-state index in [2.05, 4.69) is 24.1 Å². The highest BCUT2D eigenvalue weighted by Gasteiger charge is 2.41. The van der Waals surface area contributed by atoms with Crippen molar-refractivity contribution in [1.29, 1.82) is 0 Å². The van der Waals surface area contributed by atoms with Crippen molar-refractivity contribution in [2.75, 3.05) is 13.1 Å². The third-order valence-electron chi connectivity index (χ3n) is 5.71. The van der Waals surface area contributed by atoms with Crippen molar-refractivity contribution >= 4 is 0 Å². The molecule has 5 unspecified atom stereocenters. The van der Waals surface area contributed by atoms with Crippen molar-refractivity contribution in [3.05, 3.63) is 0 Å². The number of rotatable bonds is 3. The molecule has 1 aliphatic carbocycles. The average Bonchev–Trinajstić information content (AvgIpc) is 2.98. The smallest absolute Gasteiger partial charge is 0.0226 e. The fourth-order valence-electron chi connectivity index (χ4n) is 4.62. The number of fused-ring (bicyclic) bond motifs is 1. The van der Waals surface area contributed by atoms with Crippen LogP contribution >= 0.6 is 0 Å². The first-order chi connectivity index (χ1) is 8.29. The van der Waals surface area contributed by atoms with Gasteiger partial charge in [-0.15, -0.1) is 0 Å². The van der Waals surface area contributed by atoms with Crippen LogP contribution in [0, 0.1) is 11.8 Å². The summed E-state index contributed by atoms with van der Waals surface area (Å²) < 4.78 is 0. The molecule has 5 atom stereocenters. The van der Waals surface area contributed by atoms with E-state index < -0.39 is 0 Å². The number of nitrogens with one attached hydrogen (secondary N) is 1. The van der Waals surface area contributed by atoms with Crippen molar-refractivity contribution in [2.45, 2.75) is 70.5 Å². The zero-order valence-electron chi connectivity index (χ0n) is 11.5. The van der Waals surface area contributed by atoms with Crippen LogP contribution in [0.1, 0.15) is 52.4 Å². The molecule has 3 fully saturated rings. The van der Waals surface area contributed by atoms with Gasteiger partial charge in [-0.2, -0.15) is 0 Å². The Hall–Kier alpha value is -0.0800. The lowest BCUT2D eigenvalue weighted by molar-refractivity contribution is 0.167. The van der Waals surface area contributed by atoms with Crippen LogP contribution in [0.4, 0.5) is 0 Å². The third-order valence-corrected chi connectivity index (χ3v) is 5.71. The van der Waals surface area contributed by atoms with E-state index in [1.54, 1.807) is 0 Å². The first kappa shape index (κ1) is 12.0. The van der Waals surface area contributed by atoms with Gasteiger partial charge < -0.3 is 5.32 Å². The van der Waals surface area contributed by atoms with Gasteiger partial charge in [0.1, 0.15) is 0 Å². The summed E-state index contributed by atoms with van der Waals surface area (Å²) in [5.41, 5.74) is 0. The quantitative estimate of drug-likeness (QED) is 0.810. The number of likely N-dealkylation sites (tertiary alicyclic amines) is 1. The molecule has 3 rings (SSSR count). The molecule has 98 valence electrons. The Kier molecular flexibility index (Phi) is 3.45. The lowest BCUT2D eigenvalue weighted by atomic mass is 9.93. The maximum Gasteiger partial charge on any atom is 0.0226 e. The summed E-state index contributed by atoms with van der Waals surface area (Å²) in [6, 6.07) is 2.49. The van der Waals surface area contributed by atoms with E-state index in [9.17, 15) is 0 Å². The van der Waals surface area contributed by atoms with Crippen molar-refractivity contribution in [2.24, 2.45) is 11.8 Å². The highest BCUT2D eigenvalue weighted by Crippen LogP contribution is 2.39. The molecule has 2 aliphatic heterocycles. The van der Waals surface area contributed by atoms with Gasteiger partial charge in [-0.3, -0.25) is 4.90 Å². The topological polar surface area (TPSA) is 15.3 Å². The van der Waals surface area contributed by atoms with Gasteiger partial charge in [0.15, 0.2) is 0 Å². The highest BCUT2D eigenvalue weighted by molar-refractivity contribution is 4.97. The Morgan fingerprint density at radius 1 is 1.18 bits per heavy atom. The molecule has 1 N–H and O–H groups in total. The molecule has 2 nitrogen and oxygen atoms in total. The van der Waals surface area contributed by atoms with Gasteiger partial charge in [0.2, 0.25) is 0 Å². The van der Waals surface area contributed by atoms with E-state index >= 15 is 0 Å². The molecule has 17 heavy (non-hydrogen) atoms. The normalized spacial score (nSPS) is 46.6. The number of hydrogen-bond acceptors (Lipinski definition) is 2. The minimum atomic E-state index is 0.803. The maximum absolute atomic E-state index is 3.81. The summed E-state index contributed by atoms with van der Waals surface area (Å²) in [4.78, 5) is 2.80. The summed E-state index contributed by atoms with van der Waals surface area (Å²) in [5, 5.41) is 3.81. The van der Waals surface area contributed by atoms with Crippen molar-refractivity contribution in [3.8, 4) is 0 Å². The van der Waals surface area contributed by atoms with Crippen molar-refractivity contribution in [1.82, 2.24) is 10.2 Å². The Labute approximate surface area is 106 Å². The van der Waals surface area contributed by atoms with Gasteiger partial charge in [0.25, 0.3) is 0 Å². The fraction of sp³-hybridized carbons (Fsp3) is 1.00. The van der Waals surface area contributed by atoms with Gasteiger partial charge in [-0.1, -0.05) is 13.3 Å². The van der Waals surface area contributed by atoms with Crippen molar-refractivity contribution in [3.63, 3.8) is 0 Å². The first-order valence-electron chi connectivity index (χ1n) is 7.78. The zero-order valence-corrected chi connectivity index (χ0v) is 11.5. The molecule has 0 radical (unpaired) electrons. The monoisotopic (exact) mass is 236 g/mol.